The van der Waals surface area contributed by atoms with Crippen molar-refractivity contribution in [3.8, 4) is 0 Å². The Kier molecular flexibility index (Phi) is 4.71. The number of aromatic nitrogens is 1. The van der Waals surface area contributed by atoms with Crippen LogP contribution in [0.2, 0.25) is 0 Å². The minimum absolute atomic E-state index is 0.0807. The lowest BCUT2D eigenvalue weighted by Gasteiger charge is -2.24. The van der Waals surface area contributed by atoms with E-state index in [9.17, 15) is 9.59 Å². The van der Waals surface area contributed by atoms with E-state index in [-0.39, 0.29) is 23.1 Å². The molecule has 1 atom stereocenters. The first kappa shape index (κ1) is 15.7. The first-order valence-electron chi connectivity index (χ1n) is 7.64. The summed E-state index contributed by atoms with van der Waals surface area (Å²) in [5.74, 6) is -0.768. The maximum absolute atomic E-state index is 12.1. The molecule has 1 aliphatic carbocycles. The monoisotopic (exact) mass is 330 g/mol. The van der Waals surface area contributed by atoms with Gasteiger partial charge in [-0.2, -0.15) is 0 Å². The van der Waals surface area contributed by atoms with Gasteiger partial charge in [0.1, 0.15) is 4.88 Å². The van der Waals surface area contributed by atoms with Crippen molar-refractivity contribution in [3.05, 3.63) is 51.5 Å². The van der Waals surface area contributed by atoms with E-state index in [0.29, 0.717) is 6.54 Å². The smallest absolute Gasteiger partial charge is 0.345 e. The number of rotatable bonds is 5. The molecule has 2 N–H and O–H groups in total. The molecule has 3 rings (SSSR count). The van der Waals surface area contributed by atoms with Crippen LogP contribution in [-0.4, -0.2) is 28.5 Å². The van der Waals surface area contributed by atoms with Gasteiger partial charge in [-0.3, -0.25) is 9.78 Å². The average Bonchev–Trinajstić information content (AvgIpc) is 3.01. The van der Waals surface area contributed by atoms with Crippen LogP contribution in [-0.2, 0) is 17.6 Å². The fourth-order valence-corrected chi connectivity index (χ4v) is 3.72. The number of hydrogen-bond donors (Lipinski definition) is 2. The van der Waals surface area contributed by atoms with Crippen LogP contribution < -0.4 is 5.32 Å². The highest BCUT2D eigenvalue weighted by atomic mass is 32.1. The molecule has 0 saturated heterocycles. The molecule has 0 saturated carbocycles. The summed E-state index contributed by atoms with van der Waals surface area (Å²) in [6, 6.07) is 5.62. The van der Waals surface area contributed by atoms with E-state index in [1.807, 2.05) is 6.07 Å². The number of carbonyl (C=O) groups is 2. The van der Waals surface area contributed by atoms with Gasteiger partial charge in [-0.15, -0.1) is 11.3 Å². The summed E-state index contributed by atoms with van der Waals surface area (Å²) in [7, 11) is 0. The van der Waals surface area contributed by atoms with Gasteiger partial charge in [0.25, 0.3) is 0 Å². The van der Waals surface area contributed by atoms with E-state index < -0.39 is 5.97 Å². The molecular formula is C17H18N2O3S. The molecule has 120 valence electrons. The highest BCUT2D eigenvalue weighted by Gasteiger charge is 2.21. The maximum Gasteiger partial charge on any atom is 0.345 e. The molecule has 0 bridgehead atoms. The van der Waals surface area contributed by atoms with Gasteiger partial charge in [0, 0.05) is 24.4 Å². The molecule has 0 radical (unpaired) electrons. The number of carboxylic acid groups (broad SMARTS) is 1. The number of aromatic carboxylic acids is 1. The lowest BCUT2D eigenvalue weighted by molar-refractivity contribution is -0.120. The second-order valence-corrected chi connectivity index (χ2v) is 6.65. The second-order valence-electron chi connectivity index (χ2n) is 5.74. The normalized spacial score (nSPS) is 16.6. The number of nitrogens with zero attached hydrogens (tertiary/aromatic N) is 1. The summed E-state index contributed by atoms with van der Waals surface area (Å²) in [5, 5.41) is 13.6. The fraction of sp³-hybridized carbons (Fsp3) is 0.353. The van der Waals surface area contributed by atoms with E-state index in [1.165, 1.54) is 5.56 Å². The zero-order chi connectivity index (χ0) is 16.2. The Morgan fingerprint density at radius 3 is 3.09 bits per heavy atom. The average molecular weight is 330 g/mol. The number of amides is 1. The van der Waals surface area contributed by atoms with Gasteiger partial charge in [0.15, 0.2) is 0 Å². The van der Waals surface area contributed by atoms with Gasteiger partial charge in [-0.1, -0.05) is 6.07 Å². The number of carbonyl (C=O) groups excluding carboxylic acids is 1. The molecule has 0 fully saturated rings. The first-order valence-corrected chi connectivity index (χ1v) is 8.52. The number of hydrogen-bond acceptors (Lipinski definition) is 4. The van der Waals surface area contributed by atoms with Crippen molar-refractivity contribution in [1.82, 2.24) is 10.3 Å². The van der Waals surface area contributed by atoms with E-state index in [0.717, 1.165) is 41.9 Å². The molecule has 2 aromatic rings. The highest BCUT2D eigenvalue weighted by Crippen LogP contribution is 2.29. The van der Waals surface area contributed by atoms with Crippen molar-refractivity contribution < 1.29 is 14.7 Å². The summed E-state index contributed by atoms with van der Waals surface area (Å²) in [6.07, 6.45) is 5.22. The maximum atomic E-state index is 12.1. The van der Waals surface area contributed by atoms with Crippen molar-refractivity contribution in [2.75, 3.05) is 6.54 Å². The number of nitrogens with one attached hydrogen (secondary N) is 1. The quantitative estimate of drug-likeness (QED) is 0.883. The third kappa shape index (κ3) is 3.76. The van der Waals surface area contributed by atoms with Gasteiger partial charge in [0.05, 0.1) is 6.42 Å². The van der Waals surface area contributed by atoms with Crippen LogP contribution in [0.15, 0.2) is 29.8 Å². The number of thiophene rings is 1. The Bertz CT molecular complexity index is 726. The van der Waals surface area contributed by atoms with Crippen molar-refractivity contribution in [2.45, 2.75) is 31.6 Å². The number of aryl methyl sites for hydroxylation is 1. The van der Waals surface area contributed by atoms with Crippen molar-refractivity contribution in [1.29, 1.82) is 0 Å². The molecule has 2 heterocycles. The second kappa shape index (κ2) is 6.91. The van der Waals surface area contributed by atoms with E-state index >= 15 is 0 Å². The zero-order valence-corrected chi connectivity index (χ0v) is 13.4. The lowest BCUT2D eigenvalue weighted by atomic mass is 9.86. The van der Waals surface area contributed by atoms with Crippen LogP contribution in [0.5, 0.6) is 0 Å². The number of carboxylic acids is 1. The van der Waals surface area contributed by atoms with Gasteiger partial charge in [0.2, 0.25) is 5.91 Å². The third-order valence-electron chi connectivity index (χ3n) is 4.09. The standard InChI is InChI=1S/C17H18N2O3S/c20-15(8-11-7-14(17(21)22)23-10-11)19-9-13-4-1-3-12-5-2-6-18-16(12)13/h2,5-7,10,13H,1,3-4,8-9H2,(H,19,20)(H,21,22). The number of fused-ring (bicyclic) bond motifs is 1. The topological polar surface area (TPSA) is 79.3 Å². The molecule has 2 aromatic heterocycles. The first-order chi connectivity index (χ1) is 11.1. The van der Waals surface area contributed by atoms with E-state index in [1.54, 1.807) is 17.6 Å². The minimum Gasteiger partial charge on any atom is -0.477 e. The molecule has 6 heteroatoms. The van der Waals surface area contributed by atoms with Crippen LogP contribution in [0.1, 0.15) is 45.3 Å². The van der Waals surface area contributed by atoms with Crippen molar-refractivity contribution >= 4 is 23.2 Å². The molecule has 0 spiro atoms. The van der Waals surface area contributed by atoms with Gasteiger partial charge < -0.3 is 10.4 Å². The van der Waals surface area contributed by atoms with Crippen molar-refractivity contribution in [2.24, 2.45) is 0 Å². The summed E-state index contributed by atoms with van der Waals surface area (Å²) >= 11 is 1.15. The zero-order valence-electron chi connectivity index (χ0n) is 12.6. The Balaban J connectivity index is 1.56. The molecular weight excluding hydrogens is 312 g/mol. The molecule has 1 unspecified atom stereocenters. The van der Waals surface area contributed by atoms with Gasteiger partial charge in [-0.25, -0.2) is 4.79 Å². The van der Waals surface area contributed by atoms with Gasteiger partial charge in [-0.05, 0) is 47.9 Å². The predicted octanol–water partition coefficient (Wildman–Crippen LogP) is 2.62. The summed E-state index contributed by atoms with van der Waals surface area (Å²) in [4.78, 5) is 27.7. The van der Waals surface area contributed by atoms with Crippen molar-refractivity contribution in [3.63, 3.8) is 0 Å². The molecule has 1 amide bonds. The SMILES string of the molecule is O=C(Cc1csc(C(=O)O)c1)NCC1CCCc2cccnc21. The van der Waals surface area contributed by atoms with Crippen LogP contribution in [0.25, 0.3) is 0 Å². The fourth-order valence-electron chi connectivity index (χ4n) is 2.97. The Labute approximate surface area is 138 Å². The van der Waals surface area contributed by atoms with Crippen LogP contribution >= 0.6 is 11.3 Å². The third-order valence-corrected chi connectivity index (χ3v) is 5.05. The van der Waals surface area contributed by atoms with E-state index in [4.69, 9.17) is 5.11 Å². The Morgan fingerprint density at radius 2 is 2.30 bits per heavy atom. The van der Waals surface area contributed by atoms with E-state index in [2.05, 4.69) is 16.4 Å². The molecule has 0 aliphatic heterocycles. The van der Waals surface area contributed by atoms with Crippen LogP contribution in [0.4, 0.5) is 0 Å². The number of pyridine rings is 1. The van der Waals surface area contributed by atoms with Crippen LogP contribution in [0.3, 0.4) is 0 Å². The minimum atomic E-state index is -0.952. The lowest BCUT2D eigenvalue weighted by Crippen LogP contribution is -2.31. The van der Waals surface area contributed by atoms with Crippen LogP contribution in [0, 0.1) is 0 Å². The summed E-state index contributed by atoms with van der Waals surface area (Å²) in [6.45, 7) is 0.582. The predicted molar refractivity (Wildman–Crippen MR) is 87.9 cm³/mol. The van der Waals surface area contributed by atoms with Gasteiger partial charge >= 0.3 is 5.97 Å². The Hall–Kier alpha value is -2.21. The Morgan fingerprint density at radius 1 is 1.43 bits per heavy atom. The highest BCUT2D eigenvalue weighted by molar-refractivity contribution is 7.12. The summed E-state index contributed by atoms with van der Waals surface area (Å²) in [5.41, 5.74) is 3.12. The largest absolute Gasteiger partial charge is 0.477 e. The molecule has 1 aliphatic rings. The molecule has 0 aromatic carbocycles. The summed E-state index contributed by atoms with van der Waals surface area (Å²) < 4.78 is 0. The molecule has 23 heavy (non-hydrogen) atoms. The molecule has 5 nitrogen and oxygen atoms in total.